The molecule has 150 valence electrons. The van der Waals surface area contributed by atoms with Crippen molar-refractivity contribution in [1.29, 1.82) is 0 Å². The molecule has 6 nitrogen and oxygen atoms in total. The Morgan fingerprint density at radius 3 is 2.47 bits per heavy atom. The SMILES string of the molecule is Cc1c(C(=O)NN)c2ccccc2n1C(=O)c1cccc(OCc2ccccc2)c1. The van der Waals surface area contributed by atoms with Gasteiger partial charge in [-0.2, -0.15) is 0 Å². The second kappa shape index (κ2) is 8.23. The summed E-state index contributed by atoms with van der Waals surface area (Å²) in [5, 5.41) is 0.669. The fraction of sp³-hybridized carbons (Fsp3) is 0.0833. The minimum atomic E-state index is -0.435. The maximum Gasteiger partial charge on any atom is 0.267 e. The van der Waals surface area contributed by atoms with Crippen molar-refractivity contribution in [1.82, 2.24) is 9.99 Å². The van der Waals surface area contributed by atoms with E-state index in [0.717, 1.165) is 5.56 Å². The third-order valence-electron chi connectivity index (χ3n) is 5.00. The molecule has 4 rings (SSSR count). The van der Waals surface area contributed by atoms with E-state index in [1.165, 1.54) is 4.57 Å². The number of nitrogen functional groups attached to an aromatic ring is 1. The number of benzene rings is 3. The molecule has 0 aliphatic carbocycles. The summed E-state index contributed by atoms with van der Waals surface area (Å²) in [5.41, 5.74) is 5.23. The molecule has 0 spiro atoms. The molecule has 0 aliphatic heterocycles. The highest BCUT2D eigenvalue weighted by atomic mass is 16.5. The molecular formula is C24H21N3O3. The number of nitrogens with zero attached hydrogens (tertiary/aromatic N) is 1. The van der Waals surface area contributed by atoms with E-state index in [1.54, 1.807) is 31.2 Å². The van der Waals surface area contributed by atoms with E-state index in [1.807, 2.05) is 54.6 Å². The number of hydrogen-bond acceptors (Lipinski definition) is 4. The van der Waals surface area contributed by atoms with E-state index in [9.17, 15) is 9.59 Å². The minimum absolute atomic E-state index is 0.245. The number of nitrogens with two attached hydrogens (primary N) is 1. The lowest BCUT2D eigenvalue weighted by atomic mass is 10.1. The van der Waals surface area contributed by atoms with Gasteiger partial charge in [0.2, 0.25) is 0 Å². The number of nitrogens with one attached hydrogen (secondary N) is 1. The number of amides is 1. The van der Waals surface area contributed by atoms with E-state index in [0.29, 0.717) is 40.1 Å². The number of carbonyl (C=O) groups excluding carboxylic acids is 2. The summed E-state index contributed by atoms with van der Waals surface area (Å²) in [6.07, 6.45) is 0. The van der Waals surface area contributed by atoms with Gasteiger partial charge in [0.15, 0.2) is 0 Å². The Labute approximate surface area is 173 Å². The highest BCUT2D eigenvalue weighted by Gasteiger charge is 2.23. The summed E-state index contributed by atoms with van der Waals surface area (Å²) in [7, 11) is 0. The zero-order valence-electron chi connectivity index (χ0n) is 16.5. The molecule has 1 amide bonds. The summed E-state index contributed by atoms with van der Waals surface area (Å²) in [5.74, 6) is 5.27. The van der Waals surface area contributed by atoms with Gasteiger partial charge >= 0.3 is 0 Å². The number of fused-ring (bicyclic) bond motifs is 1. The van der Waals surface area contributed by atoms with E-state index in [4.69, 9.17) is 10.6 Å². The minimum Gasteiger partial charge on any atom is -0.489 e. The van der Waals surface area contributed by atoms with Crippen LogP contribution >= 0.6 is 0 Å². The van der Waals surface area contributed by atoms with Gasteiger partial charge in [0, 0.05) is 16.6 Å². The molecule has 0 unspecified atom stereocenters. The zero-order chi connectivity index (χ0) is 21.1. The first-order valence-electron chi connectivity index (χ1n) is 9.52. The number of aromatic nitrogens is 1. The van der Waals surface area contributed by atoms with Crippen molar-refractivity contribution < 1.29 is 14.3 Å². The van der Waals surface area contributed by atoms with E-state index in [-0.39, 0.29) is 5.91 Å². The Morgan fingerprint density at radius 1 is 0.967 bits per heavy atom. The number of para-hydroxylation sites is 1. The van der Waals surface area contributed by atoms with E-state index >= 15 is 0 Å². The number of hydrazine groups is 1. The molecule has 3 aromatic carbocycles. The van der Waals surface area contributed by atoms with Gasteiger partial charge < -0.3 is 4.74 Å². The lowest BCUT2D eigenvalue weighted by Gasteiger charge is -2.10. The first kappa shape index (κ1) is 19.4. The quantitative estimate of drug-likeness (QED) is 0.303. The van der Waals surface area contributed by atoms with Crippen LogP contribution in [0.4, 0.5) is 0 Å². The van der Waals surface area contributed by atoms with E-state index < -0.39 is 5.91 Å². The van der Waals surface area contributed by atoms with Crippen LogP contribution in [0.5, 0.6) is 5.75 Å². The lowest BCUT2D eigenvalue weighted by Crippen LogP contribution is -2.30. The Bertz CT molecular complexity index is 1230. The molecule has 0 radical (unpaired) electrons. The third-order valence-corrected chi connectivity index (χ3v) is 5.00. The van der Waals surface area contributed by atoms with Gasteiger partial charge in [0.1, 0.15) is 12.4 Å². The van der Waals surface area contributed by atoms with Crippen molar-refractivity contribution in [2.75, 3.05) is 0 Å². The molecule has 0 atom stereocenters. The molecule has 0 aliphatic rings. The molecule has 30 heavy (non-hydrogen) atoms. The highest BCUT2D eigenvalue weighted by molar-refractivity contribution is 6.12. The summed E-state index contributed by atoms with van der Waals surface area (Å²) in [6.45, 7) is 2.14. The largest absolute Gasteiger partial charge is 0.489 e. The van der Waals surface area contributed by atoms with Crippen molar-refractivity contribution in [2.24, 2.45) is 5.84 Å². The molecule has 1 heterocycles. The van der Waals surface area contributed by atoms with Gasteiger partial charge in [-0.1, -0.05) is 54.6 Å². The van der Waals surface area contributed by atoms with Crippen LogP contribution in [-0.2, 0) is 6.61 Å². The third kappa shape index (κ3) is 3.56. The van der Waals surface area contributed by atoms with Crippen LogP contribution in [0, 0.1) is 6.92 Å². The summed E-state index contributed by atoms with van der Waals surface area (Å²) in [6, 6.07) is 24.1. The van der Waals surface area contributed by atoms with Crippen molar-refractivity contribution in [3.05, 3.63) is 101 Å². The second-order valence-electron chi connectivity index (χ2n) is 6.89. The summed E-state index contributed by atoms with van der Waals surface area (Å²) in [4.78, 5) is 25.7. The van der Waals surface area contributed by atoms with Crippen LogP contribution in [0.3, 0.4) is 0 Å². The van der Waals surface area contributed by atoms with Crippen LogP contribution in [0.1, 0.15) is 32.0 Å². The first-order valence-corrected chi connectivity index (χ1v) is 9.52. The Morgan fingerprint density at radius 2 is 1.70 bits per heavy atom. The summed E-state index contributed by atoms with van der Waals surface area (Å²) >= 11 is 0. The normalized spacial score (nSPS) is 10.7. The van der Waals surface area contributed by atoms with Crippen LogP contribution in [0.2, 0.25) is 0 Å². The van der Waals surface area contributed by atoms with Crippen LogP contribution in [-0.4, -0.2) is 16.4 Å². The number of carbonyl (C=O) groups is 2. The molecule has 0 saturated heterocycles. The predicted octanol–water partition coefficient (Wildman–Crippen LogP) is 3.82. The smallest absolute Gasteiger partial charge is 0.267 e. The highest BCUT2D eigenvalue weighted by Crippen LogP contribution is 2.27. The van der Waals surface area contributed by atoms with Gasteiger partial charge in [-0.3, -0.25) is 19.6 Å². The van der Waals surface area contributed by atoms with Crippen LogP contribution in [0.25, 0.3) is 10.9 Å². The molecule has 0 bridgehead atoms. The van der Waals surface area contributed by atoms with Crippen molar-refractivity contribution >= 4 is 22.7 Å². The fourth-order valence-corrected chi connectivity index (χ4v) is 3.58. The second-order valence-corrected chi connectivity index (χ2v) is 6.89. The number of rotatable bonds is 5. The maximum absolute atomic E-state index is 13.4. The van der Waals surface area contributed by atoms with Crippen molar-refractivity contribution in [2.45, 2.75) is 13.5 Å². The molecule has 3 N–H and O–H groups in total. The number of hydrogen-bond donors (Lipinski definition) is 2. The van der Waals surface area contributed by atoms with Gasteiger partial charge in [-0.25, -0.2) is 5.84 Å². The predicted molar refractivity (Wildman–Crippen MR) is 115 cm³/mol. The van der Waals surface area contributed by atoms with Crippen LogP contribution < -0.4 is 16.0 Å². The first-order chi connectivity index (χ1) is 14.6. The Balaban J connectivity index is 1.69. The maximum atomic E-state index is 13.4. The fourth-order valence-electron chi connectivity index (χ4n) is 3.58. The van der Waals surface area contributed by atoms with Crippen molar-refractivity contribution in [3.63, 3.8) is 0 Å². The average Bonchev–Trinajstić information content (AvgIpc) is 3.09. The van der Waals surface area contributed by atoms with Crippen molar-refractivity contribution in [3.8, 4) is 5.75 Å². The van der Waals surface area contributed by atoms with Gasteiger partial charge in [0.25, 0.3) is 11.8 Å². The Hall–Kier alpha value is -3.90. The molecular weight excluding hydrogens is 378 g/mol. The molecule has 0 saturated carbocycles. The van der Waals surface area contributed by atoms with Gasteiger partial charge in [-0.05, 0) is 36.8 Å². The molecule has 0 fully saturated rings. The van der Waals surface area contributed by atoms with Gasteiger partial charge in [0.05, 0.1) is 11.1 Å². The Kier molecular flexibility index (Phi) is 5.32. The van der Waals surface area contributed by atoms with Crippen LogP contribution in [0.15, 0.2) is 78.9 Å². The average molecular weight is 399 g/mol. The summed E-state index contributed by atoms with van der Waals surface area (Å²) < 4.78 is 7.39. The van der Waals surface area contributed by atoms with Gasteiger partial charge in [-0.15, -0.1) is 0 Å². The number of ether oxygens (including phenoxy) is 1. The monoisotopic (exact) mass is 399 g/mol. The zero-order valence-corrected chi connectivity index (χ0v) is 16.5. The standard InChI is InChI=1S/C24H21N3O3/c1-16-22(23(28)26-25)20-12-5-6-13-21(20)27(16)24(29)18-10-7-11-19(14-18)30-15-17-8-3-2-4-9-17/h2-14H,15,25H2,1H3,(H,26,28). The molecule has 6 heteroatoms. The molecule has 4 aromatic rings. The topological polar surface area (TPSA) is 86.4 Å². The lowest BCUT2D eigenvalue weighted by molar-refractivity contribution is 0.0953. The van der Waals surface area contributed by atoms with E-state index in [2.05, 4.69) is 5.43 Å². The molecule has 1 aromatic heterocycles.